The molecule has 4 aromatic heterocycles. The summed E-state index contributed by atoms with van der Waals surface area (Å²) in [4.78, 5) is 63.8. The largest absolute Gasteiger partial charge is 0.387 e. The zero-order valence-electron chi connectivity index (χ0n) is 29.2. The van der Waals surface area contributed by atoms with Crippen molar-refractivity contribution in [1.82, 2.24) is 39.0 Å². The average Bonchev–Trinajstić information content (AvgIpc) is 3.90. The normalized spacial score (nSPS) is 29.9. The van der Waals surface area contributed by atoms with Crippen LogP contribution in [0.3, 0.4) is 0 Å². The highest BCUT2D eigenvalue weighted by atomic mass is 35.5. The lowest BCUT2D eigenvalue weighted by molar-refractivity contribution is -0.0486. The van der Waals surface area contributed by atoms with E-state index in [-0.39, 0.29) is 34.0 Å². The average molecular weight is 975 g/mol. The van der Waals surface area contributed by atoms with Gasteiger partial charge in [-0.3, -0.25) is 18.3 Å². The smallest absolute Gasteiger partial charge is 0.365 e. The molecule has 0 radical (unpaired) electrons. The highest BCUT2D eigenvalue weighted by Gasteiger charge is 2.53. The number of rotatable bonds is 17. The fourth-order valence-electron chi connectivity index (χ4n) is 5.55. The summed E-state index contributed by atoms with van der Waals surface area (Å²) in [5.41, 5.74) is 12.5. The molecule has 12 N–H and O–H groups in total. The Bertz CT molecular complexity index is 2350. The third-order valence-corrected chi connectivity index (χ3v) is 19.9. The number of nitrogens with two attached hydrogens (primary N) is 2. The second-order valence-corrected chi connectivity index (χ2v) is 24.6. The lowest BCUT2D eigenvalue weighted by Crippen LogP contribution is -2.33. The molecule has 322 valence electrons. The van der Waals surface area contributed by atoms with E-state index in [1.165, 1.54) is 33.6 Å². The van der Waals surface area contributed by atoms with Crippen molar-refractivity contribution in [3.8, 4) is 0 Å². The number of nitrogen functional groups attached to an aromatic ring is 2. The van der Waals surface area contributed by atoms with Gasteiger partial charge >= 0.3 is 28.6 Å². The zero-order valence-corrected chi connectivity index (χ0v) is 36.0. The van der Waals surface area contributed by atoms with Gasteiger partial charge in [0, 0.05) is 5.75 Å². The summed E-state index contributed by atoms with van der Waals surface area (Å²) in [5.74, 6) is 0.767. The molecule has 2 aliphatic heterocycles. The third-order valence-electron chi connectivity index (χ3n) is 8.26. The summed E-state index contributed by atoms with van der Waals surface area (Å²) >= 11 is 16.7. The Morgan fingerprint density at radius 3 is 1.78 bits per heavy atom. The van der Waals surface area contributed by atoms with Crippen LogP contribution in [0.25, 0.3) is 22.3 Å². The van der Waals surface area contributed by atoms with E-state index in [1.54, 1.807) is 0 Å². The van der Waals surface area contributed by atoms with E-state index in [0.29, 0.717) is 10.9 Å². The molecule has 0 amide bonds. The Morgan fingerprint density at radius 2 is 1.28 bits per heavy atom. The minimum atomic E-state index is -5.73. The molecule has 2 aliphatic rings. The SMILES string of the molecule is CCCSc1nc(N)c2ncn([C@@H]3O[C@H](COP(O)(=S)OP(=O)(O)C(Cl)P(=O)(O)OP(O)(=S)OC[C@H]4O[C@@H](n5cnc6c(N)ncnc65)[C@H](O)[C@@H]4O)[C@@H](O)[C@H]3O)c2n1. The minimum Gasteiger partial charge on any atom is -0.387 e. The maximum atomic E-state index is 13.0. The molecule has 0 saturated carbocycles. The van der Waals surface area contributed by atoms with Crippen molar-refractivity contribution in [2.24, 2.45) is 0 Å². The summed E-state index contributed by atoms with van der Waals surface area (Å²) in [7, 11) is -11.5. The number of alkyl halides is 1. The summed E-state index contributed by atoms with van der Waals surface area (Å²) in [5, 5.41) is 43.0. The van der Waals surface area contributed by atoms with Gasteiger partial charge in [-0.05, 0) is 30.0 Å². The first-order valence-corrected chi connectivity index (χ1v) is 26.2. The molecular formula is C24H35ClN10O16P4S3. The number of imidazole rings is 2. The van der Waals surface area contributed by atoms with Crippen molar-refractivity contribution in [3.05, 3.63) is 19.0 Å². The van der Waals surface area contributed by atoms with Gasteiger partial charge in [-0.1, -0.05) is 30.3 Å². The monoisotopic (exact) mass is 974 g/mol. The van der Waals surface area contributed by atoms with Gasteiger partial charge in [0.25, 0.3) is 0 Å². The Kier molecular flexibility index (Phi) is 14.1. The molecule has 6 heterocycles. The maximum Gasteiger partial charge on any atom is 0.365 e. The molecule has 2 saturated heterocycles. The predicted octanol–water partition coefficient (Wildman–Crippen LogP) is -0.0357. The van der Waals surface area contributed by atoms with Crippen LogP contribution >= 0.6 is 52.0 Å². The molecule has 0 bridgehead atoms. The van der Waals surface area contributed by atoms with Gasteiger partial charge in [-0.25, -0.2) is 38.5 Å². The summed E-state index contributed by atoms with van der Waals surface area (Å²) in [6, 6.07) is 0. The van der Waals surface area contributed by atoms with E-state index in [1.807, 2.05) is 6.92 Å². The van der Waals surface area contributed by atoms with Crippen molar-refractivity contribution in [1.29, 1.82) is 0 Å². The van der Waals surface area contributed by atoms with Crippen molar-refractivity contribution in [2.75, 3.05) is 30.4 Å². The van der Waals surface area contributed by atoms with E-state index >= 15 is 0 Å². The molecule has 13 atom stereocenters. The van der Waals surface area contributed by atoms with Crippen LogP contribution < -0.4 is 11.5 Å². The van der Waals surface area contributed by atoms with Crippen molar-refractivity contribution >= 4 is 110 Å². The van der Waals surface area contributed by atoms with E-state index in [9.17, 15) is 49.1 Å². The van der Waals surface area contributed by atoms with Crippen molar-refractivity contribution in [2.45, 2.75) is 72.4 Å². The standard InChI is InChI=1S/C24H35ClN10O16P4S3/c1-2-3-58-24-32-18(27)12-20(33-24)35(8-31-12)22-16(39)14(37)10(49-22)5-47-55(45,57)51-53(42,43)23(25)52(40,41)50-54(44,56)46-4-9-13(36)15(38)21(48-9)34-7-30-11-17(26)28-6-29-19(11)34/h6-10,13-16,21-23,36-39H,2-5H2,1H3,(H,40,41)(H,42,43)(H,44,56)(H,45,57)(H2,26,28,29)(H2,27,32,33)/t9-,10-,13-,14-,15-,16-,21-,22-,23?,54?,55?/m1/s1. The van der Waals surface area contributed by atoms with E-state index in [4.69, 9.17) is 65.2 Å². The van der Waals surface area contributed by atoms with E-state index in [2.05, 4.69) is 38.5 Å². The van der Waals surface area contributed by atoms with Gasteiger partial charge in [-0.2, -0.15) is 0 Å². The first-order chi connectivity index (χ1) is 27.1. The van der Waals surface area contributed by atoms with Crippen LogP contribution in [0.4, 0.5) is 11.6 Å². The molecule has 58 heavy (non-hydrogen) atoms. The number of nitrogens with zero attached hydrogens (tertiary/aromatic N) is 8. The third kappa shape index (κ3) is 9.76. The number of aliphatic hydroxyl groups excluding tert-OH is 4. The van der Waals surface area contributed by atoms with Crippen LogP contribution in [0, 0.1) is 0 Å². The highest BCUT2D eigenvalue weighted by molar-refractivity contribution is 8.09. The summed E-state index contributed by atoms with van der Waals surface area (Å²) in [6.45, 7) is -9.55. The molecule has 26 nitrogen and oxygen atoms in total. The molecule has 0 aliphatic carbocycles. The number of fused-ring (bicyclic) bond motifs is 2. The number of thioether (sulfide) groups is 1. The Morgan fingerprint density at radius 1 is 0.793 bits per heavy atom. The lowest BCUT2D eigenvalue weighted by Gasteiger charge is -2.27. The van der Waals surface area contributed by atoms with Gasteiger partial charge in [0.15, 0.2) is 40.5 Å². The van der Waals surface area contributed by atoms with Crippen molar-refractivity contribution < 1.29 is 76.3 Å². The molecule has 4 aromatic rings. The Hall–Kier alpha value is -1.46. The van der Waals surface area contributed by atoms with Crippen LogP contribution in [0.15, 0.2) is 24.1 Å². The van der Waals surface area contributed by atoms with Gasteiger partial charge in [0.05, 0.1) is 25.9 Å². The first kappa shape index (κ1) is 46.1. The van der Waals surface area contributed by atoms with Gasteiger partial charge in [0.2, 0.25) is 4.86 Å². The van der Waals surface area contributed by atoms with Crippen LogP contribution in [0.2, 0.25) is 0 Å². The molecule has 5 unspecified atom stereocenters. The second kappa shape index (κ2) is 17.7. The van der Waals surface area contributed by atoms with Crippen LogP contribution in [-0.2, 0) is 59.9 Å². The van der Waals surface area contributed by atoms with Gasteiger partial charge in [0.1, 0.15) is 54.0 Å². The van der Waals surface area contributed by atoms with Crippen molar-refractivity contribution in [3.63, 3.8) is 0 Å². The number of hydrogen-bond acceptors (Lipinski definition) is 23. The fraction of sp³-hybridized carbons (Fsp3) is 0.583. The topological polar surface area (TPSA) is 391 Å². The van der Waals surface area contributed by atoms with Gasteiger partial charge in [-0.15, -0.1) is 0 Å². The number of hydrogen-bond donors (Lipinski definition) is 10. The number of ether oxygens (including phenoxy) is 2. The molecule has 34 heteroatoms. The molecule has 0 aromatic carbocycles. The van der Waals surface area contributed by atoms with Gasteiger partial charge < -0.3 is 70.0 Å². The molecular weight excluding hydrogens is 940 g/mol. The number of anilines is 2. The Balaban J connectivity index is 1.04. The fourth-order valence-corrected chi connectivity index (χ4v) is 15.2. The van der Waals surface area contributed by atoms with E-state index in [0.717, 1.165) is 12.7 Å². The lowest BCUT2D eigenvalue weighted by atomic mass is 10.1. The zero-order chi connectivity index (χ0) is 42.5. The number of halogens is 1. The van der Waals surface area contributed by atoms with Crippen LogP contribution in [0.1, 0.15) is 25.8 Å². The summed E-state index contributed by atoms with van der Waals surface area (Å²) in [6.07, 6.45) is -7.80. The molecule has 0 spiro atoms. The first-order valence-electron chi connectivity index (χ1n) is 16.3. The van der Waals surface area contributed by atoms with Crippen LogP contribution in [0.5, 0.6) is 0 Å². The molecule has 6 rings (SSSR count). The minimum absolute atomic E-state index is 0.0255. The summed E-state index contributed by atoms with van der Waals surface area (Å²) < 4.78 is 59.2. The number of aromatic nitrogens is 8. The highest BCUT2D eigenvalue weighted by Crippen LogP contribution is 2.76. The predicted molar refractivity (Wildman–Crippen MR) is 209 cm³/mol. The van der Waals surface area contributed by atoms with Crippen LogP contribution in [-0.4, -0.2) is 139 Å². The number of aliphatic hydroxyl groups is 4. The molecule has 2 fully saturated rings. The Labute approximate surface area is 345 Å². The van der Waals surface area contributed by atoms with E-state index < -0.39 is 95.8 Å². The second-order valence-electron chi connectivity index (χ2n) is 12.4. The maximum absolute atomic E-state index is 13.0. The quantitative estimate of drug-likeness (QED) is 0.0287.